The number of carbonyl (C=O) groups excluding carboxylic acids is 1. The number of ether oxygens (including phenoxy) is 2. The number of carbonyl (C=O) groups is 1. The minimum absolute atomic E-state index is 0.102. The minimum atomic E-state index is -4.81. The lowest BCUT2D eigenvalue weighted by Crippen LogP contribution is -2.17. The van der Waals surface area contributed by atoms with Crippen LogP contribution >= 0.6 is 11.8 Å². The van der Waals surface area contributed by atoms with Crippen LogP contribution in [0.2, 0.25) is 0 Å². The van der Waals surface area contributed by atoms with E-state index in [1.165, 1.54) is 31.0 Å². The van der Waals surface area contributed by atoms with Gasteiger partial charge in [0, 0.05) is 22.6 Å². The molecular formula is C27H19F3N4O4S. The van der Waals surface area contributed by atoms with Crippen molar-refractivity contribution in [2.24, 2.45) is 0 Å². The van der Waals surface area contributed by atoms with Gasteiger partial charge in [-0.25, -0.2) is 4.98 Å². The lowest BCUT2D eigenvalue weighted by molar-refractivity contribution is -0.274. The molecule has 0 fully saturated rings. The maximum absolute atomic E-state index is 12.5. The molecule has 4 rings (SSSR count). The smallest absolute Gasteiger partial charge is 0.497 e. The zero-order valence-corrected chi connectivity index (χ0v) is 21.0. The zero-order chi connectivity index (χ0) is 28.0. The van der Waals surface area contributed by atoms with Crippen molar-refractivity contribution in [2.75, 3.05) is 12.4 Å². The summed E-state index contributed by atoms with van der Waals surface area (Å²) in [7, 11) is 1.52. The fourth-order valence-electron chi connectivity index (χ4n) is 3.45. The zero-order valence-electron chi connectivity index (χ0n) is 20.2. The molecule has 0 spiro atoms. The molecule has 8 nitrogen and oxygen atoms in total. The number of hydrogen-bond acceptors (Lipinski definition) is 7. The lowest BCUT2D eigenvalue weighted by Gasteiger charge is -2.10. The topological polar surface area (TPSA) is 117 Å². The summed E-state index contributed by atoms with van der Waals surface area (Å²) in [6.45, 7) is 0. The Labute approximate surface area is 224 Å². The Hall–Kier alpha value is -4.76. The first-order valence-corrected chi connectivity index (χ1v) is 12.2. The molecule has 0 saturated heterocycles. The molecule has 1 amide bonds. The molecule has 0 aliphatic heterocycles. The highest BCUT2D eigenvalue weighted by molar-refractivity contribution is 7.98. The average molecular weight is 553 g/mol. The Morgan fingerprint density at radius 1 is 1.08 bits per heavy atom. The van der Waals surface area contributed by atoms with E-state index < -0.39 is 23.6 Å². The highest BCUT2D eigenvalue weighted by Crippen LogP contribution is 2.27. The summed E-state index contributed by atoms with van der Waals surface area (Å²) >= 11 is 1.26. The van der Waals surface area contributed by atoms with Gasteiger partial charge in [-0.15, -0.1) is 13.2 Å². The summed E-state index contributed by atoms with van der Waals surface area (Å²) in [4.78, 5) is 32.0. The van der Waals surface area contributed by atoms with Gasteiger partial charge in [-0.3, -0.25) is 9.59 Å². The maximum atomic E-state index is 12.5. The number of benzene rings is 3. The van der Waals surface area contributed by atoms with Gasteiger partial charge in [-0.2, -0.15) is 5.26 Å². The maximum Gasteiger partial charge on any atom is 0.573 e. The van der Waals surface area contributed by atoms with Crippen molar-refractivity contribution in [2.45, 2.75) is 17.3 Å². The summed E-state index contributed by atoms with van der Waals surface area (Å²) in [5.74, 6) is 0.0726. The first-order chi connectivity index (χ1) is 18.6. The molecule has 0 atom stereocenters. The molecule has 2 N–H and O–H groups in total. The van der Waals surface area contributed by atoms with Gasteiger partial charge in [0.25, 0.3) is 11.5 Å². The number of nitrogens with zero attached hydrogens (tertiary/aromatic N) is 2. The fraction of sp³-hybridized carbons (Fsp3) is 0.111. The number of hydrogen-bond donors (Lipinski definition) is 2. The number of thioether (sulfide) groups is 1. The summed E-state index contributed by atoms with van der Waals surface area (Å²) < 4.78 is 45.9. The molecule has 0 saturated carbocycles. The van der Waals surface area contributed by atoms with E-state index in [4.69, 9.17) is 4.74 Å². The summed E-state index contributed by atoms with van der Waals surface area (Å²) in [6.07, 6.45) is -4.81. The summed E-state index contributed by atoms with van der Waals surface area (Å²) in [5, 5.41) is 12.5. The summed E-state index contributed by atoms with van der Waals surface area (Å²) in [5.41, 5.74) is 1.67. The van der Waals surface area contributed by atoms with Crippen molar-refractivity contribution in [3.8, 4) is 28.8 Å². The van der Waals surface area contributed by atoms with E-state index in [0.29, 0.717) is 27.9 Å². The van der Waals surface area contributed by atoms with Gasteiger partial charge in [0.15, 0.2) is 5.16 Å². The second kappa shape index (κ2) is 11.7. The van der Waals surface area contributed by atoms with E-state index in [2.05, 4.69) is 20.0 Å². The Morgan fingerprint density at radius 2 is 1.79 bits per heavy atom. The number of alkyl halides is 3. The molecule has 0 bridgehead atoms. The van der Waals surface area contributed by atoms with Gasteiger partial charge in [0.1, 0.15) is 23.1 Å². The van der Waals surface area contributed by atoms with Crippen molar-refractivity contribution in [1.82, 2.24) is 9.97 Å². The number of methoxy groups -OCH3 is 1. The lowest BCUT2D eigenvalue weighted by atomic mass is 10.1. The van der Waals surface area contributed by atoms with E-state index in [0.717, 1.165) is 17.7 Å². The molecule has 4 aromatic rings. The number of nitriles is 1. The largest absolute Gasteiger partial charge is 0.573 e. The van der Waals surface area contributed by atoms with Crippen LogP contribution in [-0.4, -0.2) is 29.3 Å². The molecule has 0 unspecified atom stereocenters. The molecule has 198 valence electrons. The van der Waals surface area contributed by atoms with Crippen LogP contribution in [0.4, 0.5) is 18.9 Å². The van der Waals surface area contributed by atoms with Crippen molar-refractivity contribution < 1.29 is 27.4 Å². The third kappa shape index (κ3) is 7.18. The number of nitrogens with one attached hydrogen (secondary N) is 2. The molecule has 12 heteroatoms. The van der Waals surface area contributed by atoms with Gasteiger partial charge in [-0.05, 0) is 54.1 Å². The van der Waals surface area contributed by atoms with Crippen LogP contribution in [0, 0.1) is 11.3 Å². The molecular weight excluding hydrogens is 533 g/mol. The Morgan fingerprint density at radius 3 is 2.44 bits per heavy atom. The van der Waals surface area contributed by atoms with Crippen molar-refractivity contribution in [3.05, 3.63) is 99.8 Å². The van der Waals surface area contributed by atoms with Crippen LogP contribution < -0.4 is 20.3 Å². The van der Waals surface area contributed by atoms with E-state index in [-0.39, 0.29) is 16.8 Å². The number of anilines is 1. The number of halogens is 3. The fourth-order valence-corrected chi connectivity index (χ4v) is 4.27. The van der Waals surface area contributed by atoms with Crippen molar-refractivity contribution >= 4 is 23.4 Å². The van der Waals surface area contributed by atoms with Crippen LogP contribution in [0.3, 0.4) is 0 Å². The highest BCUT2D eigenvalue weighted by atomic mass is 32.2. The highest BCUT2D eigenvalue weighted by Gasteiger charge is 2.31. The number of rotatable bonds is 8. The van der Waals surface area contributed by atoms with Gasteiger partial charge in [-0.1, -0.05) is 36.0 Å². The van der Waals surface area contributed by atoms with E-state index in [9.17, 15) is 28.0 Å². The Kier molecular flexibility index (Phi) is 8.21. The number of H-pyrrole nitrogens is 1. The molecule has 1 heterocycles. The van der Waals surface area contributed by atoms with Crippen LogP contribution in [0.5, 0.6) is 11.5 Å². The number of aromatic nitrogens is 2. The van der Waals surface area contributed by atoms with Crippen molar-refractivity contribution in [3.63, 3.8) is 0 Å². The predicted octanol–water partition coefficient (Wildman–Crippen LogP) is 5.76. The molecule has 1 aromatic heterocycles. The molecule has 0 radical (unpaired) electrons. The van der Waals surface area contributed by atoms with E-state index >= 15 is 0 Å². The Balaban J connectivity index is 1.41. The van der Waals surface area contributed by atoms with Crippen LogP contribution in [0.25, 0.3) is 11.3 Å². The number of aromatic amines is 1. The average Bonchev–Trinajstić information content (AvgIpc) is 2.92. The monoisotopic (exact) mass is 552 g/mol. The van der Waals surface area contributed by atoms with Gasteiger partial charge in [0.05, 0.1) is 12.8 Å². The SMILES string of the molecule is COc1cccc(-c2nc(SCc3ccc(NC(=O)c4ccc(OC(F)(F)F)cc4)cc3)[nH]c(=O)c2C#N)c1. The van der Waals surface area contributed by atoms with Crippen LogP contribution in [0.1, 0.15) is 21.5 Å². The molecule has 0 aliphatic carbocycles. The third-order valence-electron chi connectivity index (χ3n) is 5.29. The van der Waals surface area contributed by atoms with Gasteiger partial charge >= 0.3 is 6.36 Å². The van der Waals surface area contributed by atoms with E-state index in [1.807, 2.05) is 6.07 Å². The standard InChI is InChI=1S/C27H19F3N4O4S/c1-37-21-4-2-3-18(13-21)23-22(14-31)25(36)34-26(33-23)39-15-16-5-9-19(10-6-16)32-24(35)17-7-11-20(12-8-17)38-27(28,29)30/h2-13H,15H2,1H3,(H,32,35)(H,33,34,36). The quantitative estimate of drug-likeness (QED) is 0.211. The van der Waals surface area contributed by atoms with Crippen LogP contribution in [0.15, 0.2) is 82.7 Å². The first kappa shape index (κ1) is 27.3. The third-order valence-corrected chi connectivity index (χ3v) is 6.23. The molecule has 3 aromatic carbocycles. The minimum Gasteiger partial charge on any atom is -0.497 e. The van der Waals surface area contributed by atoms with Crippen molar-refractivity contribution in [1.29, 1.82) is 5.26 Å². The summed E-state index contributed by atoms with van der Waals surface area (Å²) in [6, 6.07) is 20.3. The van der Waals surface area contributed by atoms with Gasteiger partial charge in [0.2, 0.25) is 0 Å². The second-order valence-corrected chi connectivity index (χ2v) is 8.91. The number of amides is 1. The predicted molar refractivity (Wildman–Crippen MR) is 139 cm³/mol. The normalized spacial score (nSPS) is 10.9. The Bertz CT molecular complexity index is 1580. The van der Waals surface area contributed by atoms with Gasteiger partial charge < -0.3 is 19.8 Å². The molecule has 39 heavy (non-hydrogen) atoms. The molecule has 0 aliphatic rings. The second-order valence-electron chi connectivity index (χ2n) is 7.95. The van der Waals surface area contributed by atoms with Crippen LogP contribution in [-0.2, 0) is 5.75 Å². The first-order valence-electron chi connectivity index (χ1n) is 11.2. The van der Waals surface area contributed by atoms with E-state index in [1.54, 1.807) is 48.5 Å².